The summed E-state index contributed by atoms with van der Waals surface area (Å²) < 4.78 is 17.0. The number of piperidine rings is 1. The number of aromatic nitrogens is 2. The molecule has 1 aromatic carbocycles. The first kappa shape index (κ1) is 23.1. The number of rotatable bonds is 6. The van der Waals surface area contributed by atoms with Crippen molar-refractivity contribution in [1.29, 1.82) is 0 Å². The zero-order valence-electron chi connectivity index (χ0n) is 19.9. The summed E-state index contributed by atoms with van der Waals surface area (Å²) in [5, 5.41) is 0. The van der Waals surface area contributed by atoms with Crippen LogP contribution in [-0.4, -0.2) is 77.7 Å². The van der Waals surface area contributed by atoms with Crippen molar-refractivity contribution in [2.75, 3.05) is 40.0 Å². The Labute approximate surface area is 201 Å². The van der Waals surface area contributed by atoms with Crippen LogP contribution in [0.2, 0.25) is 0 Å². The normalized spacial score (nSPS) is 22.6. The number of methoxy groups -OCH3 is 1. The molecule has 34 heavy (non-hydrogen) atoms. The summed E-state index contributed by atoms with van der Waals surface area (Å²) in [4.78, 5) is 27.0. The van der Waals surface area contributed by atoms with Crippen molar-refractivity contribution in [2.24, 2.45) is 0 Å². The van der Waals surface area contributed by atoms with Crippen LogP contribution in [0.15, 0.2) is 36.7 Å². The number of nitrogens with zero attached hydrogens (tertiary/aromatic N) is 4. The highest BCUT2D eigenvalue weighted by molar-refractivity contribution is 5.82. The van der Waals surface area contributed by atoms with Gasteiger partial charge >= 0.3 is 0 Å². The van der Waals surface area contributed by atoms with Crippen molar-refractivity contribution >= 4 is 5.91 Å². The minimum atomic E-state index is -0.140. The third kappa shape index (κ3) is 5.03. The molecule has 0 N–H and O–H groups in total. The molecule has 1 atom stereocenters. The number of hydrogen-bond acceptors (Lipinski definition) is 7. The Hall–Kier alpha value is -2.71. The van der Waals surface area contributed by atoms with E-state index in [-0.39, 0.29) is 17.9 Å². The zero-order valence-corrected chi connectivity index (χ0v) is 19.9. The second-order valence-corrected chi connectivity index (χ2v) is 9.39. The number of amides is 1. The molecule has 0 spiro atoms. The third-order valence-corrected chi connectivity index (χ3v) is 7.41. The smallest absolute Gasteiger partial charge is 0.242 e. The van der Waals surface area contributed by atoms with Crippen LogP contribution < -0.4 is 9.47 Å². The minimum Gasteiger partial charge on any atom is -0.497 e. The molecule has 1 aliphatic carbocycles. The topological polar surface area (TPSA) is 77.0 Å². The van der Waals surface area contributed by atoms with E-state index in [1.165, 1.54) is 25.7 Å². The van der Waals surface area contributed by atoms with E-state index in [1.807, 2.05) is 29.2 Å². The number of carbonyl (C=O) groups excluding carboxylic acids is 1. The fourth-order valence-corrected chi connectivity index (χ4v) is 5.54. The highest BCUT2D eigenvalue weighted by Crippen LogP contribution is 2.34. The van der Waals surface area contributed by atoms with Gasteiger partial charge in [0, 0.05) is 44.0 Å². The molecule has 8 heteroatoms. The molecule has 2 aliphatic heterocycles. The van der Waals surface area contributed by atoms with Crippen LogP contribution in [0.4, 0.5) is 0 Å². The quantitative estimate of drug-likeness (QED) is 0.643. The maximum Gasteiger partial charge on any atom is 0.242 e. The summed E-state index contributed by atoms with van der Waals surface area (Å²) in [6, 6.07) is 7.84. The number of carbonyl (C=O) groups is 1. The summed E-state index contributed by atoms with van der Waals surface area (Å²) in [5.74, 6) is 2.43. The molecule has 0 unspecified atom stereocenters. The van der Waals surface area contributed by atoms with Gasteiger partial charge in [-0.2, -0.15) is 0 Å². The van der Waals surface area contributed by atoms with Crippen molar-refractivity contribution in [3.05, 3.63) is 42.4 Å². The predicted molar refractivity (Wildman–Crippen MR) is 127 cm³/mol. The Kier molecular flexibility index (Phi) is 7.25. The molecule has 2 aromatic rings. The zero-order chi connectivity index (χ0) is 23.3. The van der Waals surface area contributed by atoms with Gasteiger partial charge in [-0.15, -0.1) is 0 Å². The number of hydrogen-bond donors (Lipinski definition) is 0. The van der Waals surface area contributed by atoms with Crippen LogP contribution in [0.5, 0.6) is 17.4 Å². The second-order valence-electron chi connectivity index (χ2n) is 9.39. The Morgan fingerprint density at radius 2 is 1.68 bits per heavy atom. The van der Waals surface area contributed by atoms with E-state index in [4.69, 9.17) is 14.2 Å². The van der Waals surface area contributed by atoms with E-state index < -0.39 is 0 Å². The lowest BCUT2D eigenvalue weighted by molar-refractivity contribution is -0.146. The van der Waals surface area contributed by atoms with Crippen molar-refractivity contribution < 1.29 is 19.0 Å². The van der Waals surface area contributed by atoms with Gasteiger partial charge in [0.05, 0.1) is 20.3 Å². The van der Waals surface area contributed by atoms with Gasteiger partial charge in [0.1, 0.15) is 23.2 Å². The summed E-state index contributed by atoms with van der Waals surface area (Å²) in [6.45, 7) is 3.54. The number of morpholine rings is 1. The van der Waals surface area contributed by atoms with Gasteiger partial charge in [-0.25, -0.2) is 4.98 Å². The maximum absolute atomic E-state index is 13.5. The van der Waals surface area contributed by atoms with Gasteiger partial charge in [0.25, 0.3) is 0 Å². The summed E-state index contributed by atoms with van der Waals surface area (Å²) in [5.41, 5.74) is 0.860. The number of ether oxygens (including phenoxy) is 3. The molecule has 182 valence electrons. The first-order chi connectivity index (χ1) is 16.7. The molecule has 8 nitrogen and oxygen atoms in total. The average Bonchev–Trinajstić information content (AvgIpc) is 3.44. The van der Waals surface area contributed by atoms with Crippen LogP contribution in [-0.2, 0) is 9.53 Å². The van der Waals surface area contributed by atoms with E-state index in [0.717, 1.165) is 50.5 Å². The third-order valence-electron chi connectivity index (χ3n) is 7.41. The van der Waals surface area contributed by atoms with Crippen molar-refractivity contribution in [2.45, 2.75) is 56.5 Å². The second kappa shape index (κ2) is 10.7. The van der Waals surface area contributed by atoms with Gasteiger partial charge in [-0.3, -0.25) is 14.7 Å². The fourth-order valence-electron chi connectivity index (χ4n) is 5.54. The molecule has 1 saturated carbocycles. The predicted octanol–water partition coefficient (Wildman–Crippen LogP) is 3.63. The Morgan fingerprint density at radius 1 is 0.971 bits per heavy atom. The SMILES string of the molecule is COc1ccc(Oc2nccnc2C2CCN(C(=O)[C@H]3COCCN3C3CCCC3)CC2)cc1. The van der Waals surface area contributed by atoms with Crippen LogP contribution in [0, 0.1) is 0 Å². The standard InChI is InChI=1S/C26H34N4O4/c1-32-21-6-8-22(9-7-21)34-25-24(27-12-13-28-25)19-10-14-29(15-11-19)26(31)23-18-33-17-16-30(23)20-4-2-3-5-20/h6-9,12-13,19-20,23H,2-5,10-11,14-18H2,1H3/t23-/m1/s1. The molecule has 1 amide bonds. The molecule has 3 fully saturated rings. The lowest BCUT2D eigenvalue weighted by Gasteiger charge is -2.42. The molecule has 3 aliphatic rings. The molecule has 1 aromatic heterocycles. The Morgan fingerprint density at radius 3 is 2.41 bits per heavy atom. The molecule has 0 bridgehead atoms. The van der Waals surface area contributed by atoms with Gasteiger partial charge in [-0.05, 0) is 49.9 Å². The van der Waals surface area contributed by atoms with Gasteiger partial charge in [0.2, 0.25) is 11.8 Å². The van der Waals surface area contributed by atoms with Crippen LogP contribution in [0.3, 0.4) is 0 Å². The minimum absolute atomic E-state index is 0.140. The Balaban J connectivity index is 1.22. The maximum atomic E-state index is 13.5. The summed E-state index contributed by atoms with van der Waals surface area (Å²) >= 11 is 0. The van der Waals surface area contributed by atoms with E-state index >= 15 is 0 Å². The molecule has 3 heterocycles. The molecular weight excluding hydrogens is 432 g/mol. The first-order valence-electron chi connectivity index (χ1n) is 12.5. The highest BCUT2D eigenvalue weighted by atomic mass is 16.5. The van der Waals surface area contributed by atoms with Gasteiger partial charge in [-0.1, -0.05) is 12.8 Å². The van der Waals surface area contributed by atoms with Crippen molar-refractivity contribution in [3.63, 3.8) is 0 Å². The largest absolute Gasteiger partial charge is 0.497 e. The molecule has 5 rings (SSSR count). The summed E-state index contributed by atoms with van der Waals surface area (Å²) in [6.07, 6.45) is 10.0. The monoisotopic (exact) mass is 466 g/mol. The van der Waals surface area contributed by atoms with Crippen LogP contribution in [0.25, 0.3) is 0 Å². The van der Waals surface area contributed by atoms with Crippen LogP contribution in [0.1, 0.15) is 50.1 Å². The van der Waals surface area contributed by atoms with E-state index in [0.29, 0.717) is 24.3 Å². The van der Waals surface area contributed by atoms with Crippen LogP contribution >= 0.6 is 0 Å². The van der Waals surface area contributed by atoms with Gasteiger partial charge in [0.15, 0.2) is 0 Å². The van der Waals surface area contributed by atoms with Crippen molar-refractivity contribution in [1.82, 2.24) is 19.8 Å². The average molecular weight is 467 g/mol. The van der Waals surface area contributed by atoms with E-state index in [9.17, 15) is 4.79 Å². The van der Waals surface area contributed by atoms with Crippen molar-refractivity contribution in [3.8, 4) is 17.4 Å². The number of benzene rings is 1. The molecule has 2 saturated heterocycles. The summed E-state index contributed by atoms with van der Waals surface area (Å²) in [7, 11) is 1.64. The molecular formula is C26H34N4O4. The van der Waals surface area contributed by atoms with Gasteiger partial charge < -0.3 is 19.1 Å². The lowest BCUT2D eigenvalue weighted by Crippen LogP contribution is -2.58. The molecule has 0 radical (unpaired) electrons. The highest BCUT2D eigenvalue weighted by Gasteiger charge is 2.38. The Bertz CT molecular complexity index is 956. The number of likely N-dealkylation sites (tertiary alicyclic amines) is 1. The lowest BCUT2D eigenvalue weighted by atomic mass is 9.92. The van der Waals surface area contributed by atoms with E-state index in [2.05, 4.69) is 14.9 Å². The first-order valence-corrected chi connectivity index (χ1v) is 12.5. The fraction of sp³-hybridized carbons (Fsp3) is 0.577. The van der Waals surface area contributed by atoms with E-state index in [1.54, 1.807) is 19.5 Å².